The van der Waals surface area contributed by atoms with Gasteiger partial charge in [-0.15, -0.1) is 0 Å². The Morgan fingerprint density at radius 1 is 0.844 bits per heavy atom. The number of halogens is 1. The minimum atomic E-state index is -0.522. The van der Waals surface area contributed by atoms with E-state index in [1.165, 1.54) is 36.4 Å². The van der Waals surface area contributed by atoms with E-state index in [0.717, 1.165) is 0 Å². The lowest BCUT2D eigenvalue weighted by Gasteiger charge is -2.17. The van der Waals surface area contributed by atoms with E-state index in [0.29, 0.717) is 49.2 Å². The van der Waals surface area contributed by atoms with Crippen molar-refractivity contribution in [1.82, 2.24) is 10.9 Å². The highest BCUT2D eigenvalue weighted by Gasteiger charge is 2.18. The van der Waals surface area contributed by atoms with E-state index in [4.69, 9.17) is 18.9 Å². The molecule has 0 spiro atoms. The van der Waals surface area contributed by atoms with Crippen LogP contribution in [0.5, 0.6) is 23.0 Å². The Labute approximate surface area is 187 Å². The van der Waals surface area contributed by atoms with E-state index < -0.39 is 5.91 Å². The van der Waals surface area contributed by atoms with Crippen LogP contribution in [0.15, 0.2) is 36.4 Å². The lowest BCUT2D eigenvalue weighted by molar-refractivity contribution is -0.122. The number of nitrogens with one attached hydrogen (secondary N) is 2. The zero-order chi connectivity index (χ0) is 23.3. The summed E-state index contributed by atoms with van der Waals surface area (Å²) in [4.78, 5) is 24.6. The molecule has 2 N–H and O–H groups in total. The van der Waals surface area contributed by atoms with Gasteiger partial charge in [-0.25, -0.2) is 4.39 Å². The van der Waals surface area contributed by atoms with Crippen LogP contribution in [0, 0.1) is 5.82 Å². The summed E-state index contributed by atoms with van der Waals surface area (Å²) in [6, 6.07) is 8.70. The molecule has 32 heavy (non-hydrogen) atoms. The molecule has 0 aliphatic carbocycles. The normalized spacial score (nSPS) is 10.2. The molecule has 2 aromatic rings. The summed E-state index contributed by atoms with van der Waals surface area (Å²) in [6.07, 6.45) is 0.560. The first-order chi connectivity index (χ1) is 15.5. The van der Waals surface area contributed by atoms with Crippen LogP contribution in [0.1, 0.15) is 44.0 Å². The molecule has 9 heteroatoms. The molecule has 2 rings (SSSR count). The highest BCUT2D eigenvalue weighted by molar-refractivity contribution is 5.96. The predicted molar refractivity (Wildman–Crippen MR) is 117 cm³/mol. The van der Waals surface area contributed by atoms with Crippen molar-refractivity contribution in [3.63, 3.8) is 0 Å². The van der Waals surface area contributed by atoms with Crippen molar-refractivity contribution in [3.05, 3.63) is 47.8 Å². The van der Waals surface area contributed by atoms with Gasteiger partial charge >= 0.3 is 0 Å². The molecule has 0 radical (unpaired) electrons. The van der Waals surface area contributed by atoms with Crippen molar-refractivity contribution in [2.75, 3.05) is 26.4 Å². The average molecular weight is 448 g/mol. The van der Waals surface area contributed by atoms with Gasteiger partial charge in [0.05, 0.1) is 26.4 Å². The number of hydrazine groups is 1. The first-order valence-corrected chi connectivity index (χ1v) is 10.5. The summed E-state index contributed by atoms with van der Waals surface area (Å²) in [5, 5.41) is 0. The number of benzene rings is 2. The van der Waals surface area contributed by atoms with Crippen LogP contribution >= 0.6 is 0 Å². The molecular formula is C23H29FN2O6. The number of ether oxygens (including phenoxy) is 4. The standard InChI is InChI=1S/C23H29FN2O6/c1-4-29-19-14-16(15-20(30-5-2)22(19)31-6-3)23(28)26-25-21(27)8-7-13-32-18-11-9-17(24)10-12-18/h9-12,14-15H,4-8,13H2,1-3H3,(H,25,27)(H,26,28). The number of rotatable bonds is 12. The fourth-order valence-corrected chi connectivity index (χ4v) is 2.73. The smallest absolute Gasteiger partial charge is 0.269 e. The Bertz CT molecular complexity index is 862. The largest absolute Gasteiger partial charge is 0.494 e. The van der Waals surface area contributed by atoms with Gasteiger partial charge in [0.25, 0.3) is 5.91 Å². The molecule has 0 aliphatic heterocycles. The Balaban J connectivity index is 1.89. The fourth-order valence-electron chi connectivity index (χ4n) is 2.73. The van der Waals surface area contributed by atoms with E-state index in [2.05, 4.69) is 10.9 Å². The van der Waals surface area contributed by atoms with Crippen molar-refractivity contribution in [2.24, 2.45) is 0 Å². The predicted octanol–water partition coefficient (Wildman–Crippen LogP) is 3.64. The van der Waals surface area contributed by atoms with E-state index in [-0.39, 0.29) is 30.3 Å². The molecule has 0 aromatic heterocycles. The summed E-state index contributed by atoms with van der Waals surface area (Å²) in [7, 11) is 0. The summed E-state index contributed by atoms with van der Waals surface area (Å²) < 4.78 is 35.1. The zero-order valence-corrected chi connectivity index (χ0v) is 18.5. The molecule has 2 aromatic carbocycles. The van der Waals surface area contributed by atoms with Gasteiger partial charge in [0, 0.05) is 12.0 Å². The third-order valence-electron chi connectivity index (χ3n) is 4.12. The number of hydrogen-bond donors (Lipinski definition) is 2. The maximum absolute atomic E-state index is 12.9. The van der Waals surface area contributed by atoms with E-state index in [9.17, 15) is 14.0 Å². The lowest BCUT2D eigenvalue weighted by atomic mass is 10.1. The van der Waals surface area contributed by atoms with Gasteiger partial charge in [0.1, 0.15) is 11.6 Å². The van der Waals surface area contributed by atoms with Crippen molar-refractivity contribution in [2.45, 2.75) is 33.6 Å². The van der Waals surface area contributed by atoms with Gasteiger partial charge in [-0.1, -0.05) is 0 Å². The highest BCUT2D eigenvalue weighted by Crippen LogP contribution is 2.39. The second kappa shape index (κ2) is 13.0. The zero-order valence-electron chi connectivity index (χ0n) is 18.5. The SMILES string of the molecule is CCOc1cc(C(=O)NNC(=O)CCCOc2ccc(F)cc2)cc(OCC)c1OCC. The number of hydrogen-bond acceptors (Lipinski definition) is 6. The van der Waals surface area contributed by atoms with Crippen LogP contribution in [0.4, 0.5) is 4.39 Å². The molecule has 2 amide bonds. The maximum atomic E-state index is 12.9. The highest BCUT2D eigenvalue weighted by atomic mass is 19.1. The van der Waals surface area contributed by atoms with Crippen molar-refractivity contribution >= 4 is 11.8 Å². The molecule has 0 heterocycles. The van der Waals surface area contributed by atoms with Gasteiger partial charge in [-0.3, -0.25) is 20.4 Å². The minimum absolute atomic E-state index is 0.138. The molecule has 0 saturated carbocycles. The van der Waals surface area contributed by atoms with Crippen molar-refractivity contribution in [3.8, 4) is 23.0 Å². The summed E-state index contributed by atoms with van der Waals surface area (Å²) in [6.45, 7) is 6.94. The first-order valence-electron chi connectivity index (χ1n) is 10.5. The van der Waals surface area contributed by atoms with Crippen LogP contribution in [0.3, 0.4) is 0 Å². The second-order valence-electron chi connectivity index (χ2n) is 6.51. The van der Waals surface area contributed by atoms with E-state index in [1.54, 1.807) is 0 Å². The third kappa shape index (κ3) is 7.64. The van der Waals surface area contributed by atoms with E-state index in [1.807, 2.05) is 20.8 Å². The molecule has 174 valence electrons. The summed E-state index contributed by atoms with van der Waals surface area (Å²) in [5.41, 5.74) is 5.00. The van der Waals surface area contributed by atoms with Crippen molar-refractivity contribution < 1.29 is 32.9 Å². The maximum Gasteiger partial charge on any atom is 0.269 e. The first kappa shape index (κ1) is 24.8. The van der Waals surface area contributed by atoms with Crippen LogP contribution in [0.25, 0.3) is 0 Å². The van der Waals surface area contributed by atoms with Gasteiger partial charge in [0.15, 0.2) is 11.5 Å². The lowest BCUT2D eigenvalue weighted by Crippen LogP contribution is -2.41. The molecule has 0 aliphatic rings. The molecular weight excluding hydrogens is 419 g/mol. The molecule has 0 atom stereocenters. The van der Waals surface area contributed by atoms with Crippen LogP contribution in [0.2, 0.25) is 0 Å². The number of carbonyl (C=O) groups excluding carboxylic acids is 2. The molecule has 8 nitrogen and oxygen atoms in total. The Morgan fingerprint density at radius 3 is 2.00 bits per heavy atom. The molecule has 0 fully saturated rings. The van der Waals surface area contributed by atoms with Crippen LogP contribution < -0.4 is 29.8 Å². The Hall–Kier alpha value is -3.49. The summed E-state index contributed by atoms with van der Waals surface area (Å²) in [5.74, 6) is 0.475. The minimum Gasteiger partial charge on any atom is -0.494 e. The average Bonchev–Trinajstić information content (AvgIpc) is 2.78. The number of carbonyl (C=O) groups is 2. The second-order valence-corrected chi connectivity index (χ2v) is 6.51. The van der Waals surface area contributed by atoms with Crippen molar-refractivity contribution in [1.29, 1.82) is 0 Å². The third-order valence-corrected chi connectivity index (χ3v) is 4.12. The van der Waals surface area contributed by atoms with Crippen LogP contribution in [-0.4, -0.2) is 38.2 Å². The molecule has 0 saturated heterocycles. The van der Waals surface area contributed by atoms with Gasteiger partial charge in [-0.05, 0) is 63.6 Å². The van der Waals surface area contributed by atoms with Gasteiger partial charge in [-0.2, -0.15) is 0 Å². The van der Waals surface area contributed by atoms with Crippen LogP contribution in [-0.2, 0) is 4.79 Å². The Kier molecular flexibility index (Phi) is 10.1. The van der Waals surface area contributed by atoms with Gasteiger partial charge in [0.2, 0.25) is 11.7 Å². The molecule has 0 unspecified atom stereocenters. The molecule has 0 bridgehead atoms. The topological polar surface area (TPSA) is 95.1 Å². The quantitative estimate of drug-likeness (QED) is 0.380. The fraction of sp³-hybridized carbons (Fsp3) is 0.391. The van der Waals surface area contributed by atoms with E-state index >= 15 is 0 Å². The number of amides is 2. The Morgan fingerprint density at radius 2 is 1.44 bits per heavy atom. The summed E-state index contributed by atoms with van der Waals surface area (Å²) >= 11 is 0. The van der Waals surface area contributed by atoms with Gasteiger partial charge < -0.3 is 18.9 Å². The monoisotopic (exact) mass is 448 g/mol.